The largest absolute Gasteiger partial charge is 0.487 e. The number of carbonyl (C=O) groups is 1. The maximum Gasteiger partial charge on any atom is 0.254 e. The molecule has 1 fully saturated rings. The Hall–Kier alpha value is -2.43. The summed E-state index contributed by atoms with van der Waals surface area (Å²) >= 11 is 0. The van der Waals surface area contributed by atoms with Crippen LogP contribution in [0.5, 0.6) is 5.75 Å². The van der Waals surface area contributed by atoms with Crippen molar-refractivity contribution in [2.24, 2.45) is 0 Å². The van der Waals surface area contributed by atoms with E-state index in [1.54, 1.807) is 36.9 Å². The minimum Gasteiger partial charge on any atom is -0.487 e. The van der Waals surface area contributed by atoms with Gasteiger partial charge in [0.05, 0.1) is 12.7 Å². The van der Waals surface area contributed by atoms with Gasteiger partial charge in [-0.1, -0.05) is 0 Å². The summed E-state index contributed by atoms with van der Waals surface area (Å²) < 4.78 is 5.82. The fourth-order valence-corrected chi connectivity index (χ4v) is 2.30. The molecule has 2 aromatic rings. The number of amides is 1. The van der Waals surface area contributed by atoms with E-state index < -0.39 is 0 Å². The molecule has 5 heteroatoms. The van der Waals surface area contributed by atoms with E-state index >= 15 is 0 Å². The first-order valence-electron chi connectivity index (χ1n) is 6.59. The van der Waals surface area contributed by atoms with Crippen LogP contribution in [0.2, 0.25) is 0 Å². The van der Waals surface area contributed by atoms with Crippen LogP contribution in [0.3, 0.4) is 0 Å². The Morgan fingerprint density at radius 3 is 2.80 bits per heavy atom. The van der Waals surface area contributed by atoms with E-state index in [0.29, 0.717) is 18.7 Å². The molecule has 5 nitrogen and oxygen atoms in total. The van der Waals surface area contributed by atoms with Crippen molar-refractivity contribution in [3.63, 3.8) is 0 Å². The van der Waals surface area contributed by atoms with E-state index in [-0.39, 0.29) is 12.0 Å². The minimum absolute atomic E-state index is 0.0321. The first-order chi connectivity index (χ1) is 9.83. The summed E-state index contributed by atoms with van der Waals surface area (Å²) in [6, 6.07) is 7.18. The number of hydrogen-bond donors (Lipinski definition) is 0. The highest BCUT2D eigenvalue weighted by molar-refractivity contribution is 5.94. The number of rotatable bonds is 3. The Kier molecular flexibility index (Phi) is 3.58. The van der Waals surface area contributed by atoms with Gasteiger partial charge in [0.15, 0.2) is 0 Å². The first-order valence-corrected chi connectivity index (χ1v) is 6.59. The van der Waals surface area contributed by atoms with Gasteiger partial charge in [-0.3, -0.25) is 14.8 Å². The summed E-state index contributed by atoms with van der Waals surface area (Å²) in [7, 11) is 0. The van der Waals surface area contributed by atoms with E-state index in [9.17, 15) is 4.79 Å². The smallest absolute Gasteiger partial charge is 0.254 e. The van der Waals surface area contributed by atoms with Gasteiger partial charge in [0, 0.05) is 37.1 Å². The monoisotopic (exact) mass is 269 g/mol. The molecule has 1 saturated heterocycles. The first kappa shape index (κ1) is 12.6. The predicted octanol–water partition coefficient (Wildman–Crippen LogP) is 1.77. The van der Waals surface area contributed by atoms with Gasteiger partial charge in [-0.05, 0) is 24.3 Å². The van der Waals surface area contributed by atoms with E-state index in [0.717, 1.165) is 12.2 Å². The van der Waals surface area contributed by atoms with Crippen LogP contribution in [0.15, 0.2) is 49.1 Å². The molecule has 20 heavy (non-hydrogen) atoms. The highest BCUT2D eigenvalue weighted by Gasteiger charge is 2.28. The van der Waals surface area contributed by atoms with Gasteiger partial charge in [0.1, 0.15) is 11.9 Å². The summed E-state index contributed by atoms with van der Waals surface area (Å²) in [6.45, 7) is 1.32. The summed E-state index contributed by atoms with van der Waals surface area (Å²) in [6.07, 6.45) is 7.53. The second kappa shape index (κ2) is 5.69. The lowest BCUT2D eigenvalue weighted by Crippen LogP contribution is -2.30. The average Bonchev–Trinajstić information content (AvgIpc) is 2.97. The molecular weight excluding hydrogens is 254 g/mol. The molecule has 3 rings (SSSR count). The molecule has 3 heterocycles. The maximum atomic E-state index is 12.3. The van der Waals surface area contributed by atoms with Gasteiger partial charge >= 0.3 is 0 Å². The zero-order valence-electron chi connectivity index (χ0n) is 11.0. The van der Waals surface area contributed by atoms with E-state index in [2.05, 4.69) is 9.97 Å². The molecule has 0 saturated carbocycles. The van der Waals surface area contributed by atoms with Crippen molar-refractivity contribution in [3.05, 3.63) is 54.6 Å². The number of hydrogen-bond acceptors (Lipinski definition) is 4. The SMILES string of the molecule is O=C(c1ccncc1)N1CCC(Oc2cccnc2)C1. The molecule has 1 aliphatic rings. The van der Waals surface area contributed by atoms with Crippen LogP contribution in [0, 0.1) is 0 Å². The van der Waals surface area contributed by atoms with Crippen LogP contribution >= 0.6 is 0 Å². The van der Waals surface area contributed by atoms with Crippen molar-refractivity contribution in [1.29, 1.82) is 0 Å². The van der Waals surface area contributed by atoms with Crippen molar-refractivity contribution in [2.75, 3.05) is 13.1 Å². The van der Waals surface area contributed by atoms with E-state index in [1.165, 1.54) is 0 Å². The standard InChI is InChI=1S/C15H15N3O2/c19-15(12-3-7-16-8-4-12)18-9-5-14(11-18)20-13-2-1-6-17-10-13/h1-4,6-8,10,14H,5,9,11H2. The Labute approximate surface area is 117 Å². The van der Waals surface area contributed by atoms with Gasteiger partial charge in [-0.25, -0.2) is 0 Å². The van der Waals surface area contributed by atoms with Crippen LogP contribution in [0.1, 0.15) is 16.8 Å². The molecular formula is C15H15N3O2. The predicted molar refractivity (Wildman–Crippen MR) is 73.4 cm³/mol. The molecule has 1 unspecified atom stereocenters. The van der Waals surface area contributed by atoms with Gasteiger partial charge in [0.25, 0.3) is 5.91 Å². The quantitative estimate of drug-likeness (QED) is 0.852. The van der Waals surface area contributed by atoms with Crippen LogP contribution in [0.25, 0.3) is 0 Å². The van der Waals surface area contributed by atoms with Gasteiger partial charge in [0.2, 0.25) is 0 Å². The molecule has 2 aromatic heterocycles. The fourth-order valence-electron chi connectivity index (χ4n) is 2.30. The molecule has 0 aliphatic carbocycles. The Balaban J connectivity index is 1.61. The highest BCUT2D eigenvalue weighted by atomic mass is 16.5. The maximum absolute atomic E-state index is 12.3. The Bertz CT molecular complexity index is 574. The number of carbonyl (C=O) groups excluding carboxylic acids is 1. The van der Waals surface area contributed by atoms with Crippen molar-refractivity contribution in [2.45, 2.75) is 12.5 Å². The van der Waals surface area contributed by atoms with E-state index in [1.807, 2.05) is 17.0 Å². The Morgan fingerprint density at radius 1 is 1.20 bits per heavy atom. The molecule has 0 N–H and O–H groups in total. The third kappa shape index (κ3) is 2.77. The normalized spacial score (nSPS) is 18.0. The molecule has 1 atom stereocenters. The summed E-state index contributed by atoms with van der Waals surface area (Å²) in [5.41, 5.74) is 0.669. The number of pyridine rings is 2. The molecule has 102 valence electrons. The van der Waals surface area contributed by atoms with Crippen molar-refractivity contribution in [1.82, 2.24) is 14.9 Å². The summed E-state index contributed by atoms with van der Waals surface area (Å²) in [5, 5.41) is 0. The lowest BCUT2D eigenvalue weighted by molar-refractivity contribution is 0.0772. The number of ether oxygens (including phenoxy) is 1. The summed E-state index contributed by atoms with van der Waals surface area (Å²) in [4.78, 5) is 22.0. The molecule has 0 radical (unpaired) electrons. The third-order valence-electron chi connectivity index (χ3n) is 3.30. The Morgan fingerprint density at radius 2 is 2.05 bits per heavy atom. The van der Waals surface area contributed by atoms with Crippen LogP contribution < -0.4 is 4.74 Å². The number of likely N-dealkylation sites (tertiary alicyclic amines) is 1. The highest BCUT2D eigenvalue weighted by Crippen LogP contribution is 2.18. The summed E-state index contributed by atoms with van der Waals surface area (Å²) in [5.74, 6) is 0.778. The average molecular weight is 269 g/mol. The number of aromatic nitrogens is 2. The topological polar surface area (TPSA) is 55.3 Å². The van der Waals surface area contributed by atoms with Crippen LogP contribution in [-0.2, 0) is 0 Å². The molecule has 1 aliphatic heterocycles. The number of nitrogens with zero attached hydrogens (tertiary/aromatic N) is 3. The van der Waals surface area contributed by atoms with Crippen LogP contribution in [0.4, 0.5) is 0 Å². The third-order valence-corrected chi connectivity index (χ3v) is 3.30. The van der Waals surface area contributed by atoms with Gasteiger partial charge in [-0.2, -0.15) is 0 Å². The van der Waals surface area contributed by atoms with Gasteiger partial charge < -0.3 is 9.64 Å². The molecule has 0 bridgehead atoms. The molecule has 1 amide bonds. The zero-order valence-corrected chi connectivity index (χ0v) is 11.0. The van der Waals surface area contributed by atoms with Crippen molar-refractivity contribution >= 4 is 5.91 Å². The zero-order chi connectivity index (χ0) is 13.8. The lowest BCUT2D eigenvalue weighted by atomic mass is 10.2. The minimum atomic E-state index is 0.0321. The van der Waals surface area contributed by atoms with Gasteiger partial charge in [-0.15, -0.1) is 0 Å². The molecule has 0 spiro atoms. The second-order valence-electron chi connectivity index (χ2n) is 4.70. The van der Waals surface area contributed by atoms with Crippen molar-refractivity contribution in [3.8, 4) is 5.75 Å². The van der Waals surface area contributed by atoms with E-state index in [4.69, 9.17) is 4.74 Å². The fraction of sp³-hybridized carbons (Fsp3) is 0.267. The van der Waals surface area contributed by atoms with Crippen molar-refractivity contribution < 1.29 is 9.53 Å². The second-order valence-corrected chi connectivity index (χ2v) is 4.70. The lowest BCUT2D eigenvalue weighted by Gasteiger charge is -2.17. The molecule has 0 aromatic carbocycles. The van der Waals surface area contributed by atoms with Crippen LogP contribution in [-0.4, -0.2) is 40.0 Å².